The van der Waals surface area contributed by atoms with Crippen molar-refractivity contribution in [3.8, 4) is 5.75 Å². The Bertz CT molecular complexity index is 486. The summed E-state index contributed by atoms with van der Waals surface area (Å²) in [5, 5.41) is 0.878. The summed E-state index contributed by atoms with van der Waals surface area (Å²) in [4.78, 5) is 13.7. The van der Waals surface area contributed by atoms with Gasteiger partial charge >= 0.3 is 5.97 Å². The number of carbonyl (C=O) groups is 1. The monoisotopic (exact) mass is 333 g/mol. The second-order valence-corrected chi connectivity index (χ2v) is 6.52. The van der Waals surface area contributed by atoms with Gasteiger partial charge in [0.05, 0.1) is 5.02 Å². The lowest BCUT2D eigenvalue weighted by atomic mass is 10.1. The van der Waals surface area contributed by atoms with Crippen molar-refractivity contribution in [1.29, 1.82) is 0 Å². The van der Waals surface area contributed by atoms with Crippen LogP contribution in [0.5, 0.6) is 5.75 Å². The van der Waals surface area contributed by atoms with Crippen LogP contribution < -0.4 is 4.74 Å². The van der Waals surface area contributed by atoms with Gasteiger partial charge in [-0.25, -0.2) is 4.79 Å². The number of hydrogen-bond acceptors (Lipinski definition) is 4. The normalized spacial score (nSPS) is 11.6. The third-order valence-electron chi connectivity index (χ3n) is 3.07. The second kappa shape index (κ2) is 7.87. The van der Waals surface area contributed by atoms with Crippen LogP contribution >= 0.6 is 23.2 Å². The molecule has 1 aromatic rings. The minimum atomic E-state index is -0.427. The summed E-state index contributed by atoms with van der Waals surface area (Å²) in [5.74, 6) is -0.0202. The summed E-state index contributed by atoms with van der Waals surface area (Å²) in [6.07, 6.45) is 0. The largest absolute Gasteiger partial charge is 0.480 e. The molecule has 0 amide bonds. The number of ether oxygens (including phenoxy) is 2. The number of benzene rings is 1. The van der Waals surface area contributed by atoms with Gasteiger partial charge in [-0.05, 0) is 46.0 Å². The molecule has 0 aliphatic rings. The zero-order chi connectivity index (χ0) is 16.0. The zero-order valence-electron chi connectivity index (χ0n) is 12.8. The standard InChI is InChI=1S/C15H21Cl2NO3/c1-15(2,3)18(4)7-8-20-14(19)10-21-13-6-5-11(16)9-12(13)17/h5-6,9H,7-8,10H2,1-4H3. The Morgan fingerprint density at radius 1 is 1.29 bits per heavy atom. The molecule has 0 aromatic heterocycles. The third-order valence-corrected chi connectivity index (χ3v) is 3.60. The lowest BCUT2D eigenvalue weighted by Gasteiger charge is -2.31. The van der Waals surface area contributed by atoms with Crippen LogP contribution in [0, 0.1) is 0 Å². The number of rotatable bonds is 6. The fourth-order valence-corrected chi connectivity index (χ4v) is 1.87. The van der Waals surface area contributed by atoms with Crippen molar-refractivity contribution in [1.82, 2.24) is 4.90 Å². The first kappa shape index (κ1) is 18.1. The van der Waals surface area contributed by atoms with Crippen LogP contribution in [-0.4, -0.2) is 43.2 Å². The van der Waals surface area contributed by atoms with Crippen LogP contribution in [0.1, 0.15) is 20.8 Å². The predicted octanol–water partition coefficient (Wildman–Crippen LogP) is 3.65. The van der Waals surface area contributed by atoms with Crippen LogP contribution in [0.4, 0.5) is 0 Å². The van der Waals surface area contributed by atoms with Gasteiger partial charge in [-0.2, -0.15) is 0 Å². The maximum Gasteiger partial charge on any atom is 0.344 e. The molecule has 1 rings (SSSR count). The Morgan fingerprint density at radius 2 is 1.95 bits per heavy atom. The van der Waals surface area contributed by atoms with Crippen LogP contribution in [0.2, 0.25) is 10.0 Å². The van der Waals surface area contributed by atoms with E-state index in [0.29, 0.717) is 28.9 Å². The predicted molar refractivity (Wildman–Crippen MR) is 85.3 cm³/mol. The summed E-state index contributed by atoms with van der Waals surface area (Å²) in [5.41, 5.74) is 0.0414. The fourth-order valence-electron chi connectivity index (χ4n) is 1.40. The lowest BCUT2D eigenvalue weighted by molar-refractivity contribution is -0.146. The quantitative estimate of drug-likeness (QED) is 0.745. The first-order chi connectivity index (χ1) is 9.70. The third kappa shape index (κ3) is 6.55. The van der Waals surface area contributed by atoms with E-state index in [4.69, 9.17) is 32.7 Å². The van der Waals surface area contributed by atoms with Crippen LogP contribution in [0.15, 0.2) is 18.2 Å². The molecule has 0 aliphatic carbocycles. The highest BCUT2D eigenvalue weighted by Crippen LogP contribution is 2.27. The molecule has 0 atom stereocenters. The molecule has 6 heteroatoms. The molecule has 0 spiro atoms. The van der Waals surface area contributed by atoms with E-state index in [2.05, 4.69) is 25.7 Å². The van der Waals surface area contributed by atoms with Crippen molar-refractivity contribution in [3.05, 3.63) is 28.2 Å². The highest BCUT2D eigenvalue weighted by molar-refractivity contribution is 6.35. The minimum Gasteiger partial charge on any atom is -0.480 e. The molecule has 0 heterocycles. The van der Waals surface area contributed by atoms with E-state index in [1.807, 2.05) is 7.05 Å². The zero-order valence-corrected chi connectivity index (χ0v) is 14.3. The molecule has 0 aliphatic heterocycles. The Labute approximate surface area is 135 Å². The fraction of sp³-hybridized carbons (Fsp3) is 0.533. The molecule has 0 saturated heterocycles. The summed E-state index contributed by atoms with van der Waals surface area (Å²) < 4.78 is 10.4. The van der Waals surface area contributed by atoms with E-state index in [1.165, 1.54) is 0 Å². The molecule has 0 fully saturated rings. The second-order valence-electron chi connectivity index (χ2n) is 5.68. The molecule has 21 heavy (non-hydrogen) atoms. The minimum absolute atomic E-state index is 0.0414. The van der Waals surface area contributed by atoms with Gasteiger partial charge in [-0.3, -0.25) is 4.90 Å². The molecule has 0 saturated carbocycles. The van der Waals surface area contributed by atoms with E-state index in [1.54, 1.807) is 18.2 Å². The van der Waals surface area contributed by atoms with Crippen molar-refractivity contribution >= 4 is 29.2 Å². The van der Waals surface area contributed by atoms with Crippen LogP contribution in [-0.2, 0) is 9.53 Å². The van der Waals surface area contributed by atoms with Gasteiger partial charge < -0.3 is 9.47 Å². The number of likely N-dealkylation sites (N-methyl/N-ethyl adjacent to an activating group) is 1. The van der Waals surface area contributed by atoms with Crippen molar-refractivity contribution in [2.75, 3.05) is 26.8 Å². The number of carbonyl (C=O) groups excluding carboxylic acids is 1. The maximum absolute atomic E-state index is 11.6. The summed E-state index contributed by atoms with van der Waals surface area (Å²) in [6.45, 7) is 7.10. The SMILES string of the molecule is CN(CCOC(=O)COc1ccc(Cl)cc1Cl)C(C)(C)C. The van der Waals surface area contributed by atoms with E-state index >= 15 is 0 Å². The molecule has 4 nitrogen and oxygen atoms in total. The summed E-state index contributed by atoms with van der Waals surface area (Å²) in [6, 6.07) is 4.82. The first-order valence-corrected chi connectivity index (χ1v) is 7.40. The number of esters is 1. The summed E-state index contributed by atoms with van der Waals surface area (Å²) in [7, 11) is 1.98. The van der Waals surface area contributed by atoms with E-state index in [0.717, 1.165) is 0 Å². The van der Waals surface area contributed by atoms with Gasteiger partial charge in [0.1, 0.15) is 12.4 Å². The highest BCUT2D eigenvalue weighted by atomic mass is 35.5. The molecule has 0 unspecified atom stereocenters. The molecular weight excluding hydrogens is 313 g/mol. The molecule has 1 aromatic carbocycles. The number of hydrogen-bond donors (Lipinski definition) is 0. The topological polar surface area (TPSA) is 38.8 Å². The Hall–Kier alpha value is -0.970. The summed E-state index contributed by atoms with van der Waals surface area (Å²) >= 11 is 11.7. The van der Waals surface area contributed by atoms with Gasteiger partial charge in [0, 0.05) is 17.1 Å². The van der Waals surface area contributed by atoms with E-state index in [-0.39, 0.29) is 12.1 Å². The molecule has 0 N–H and O–H groups in total. The average Bonchev–Trinajstić information content (AvgIpc) is 2.36. The lowest BCUT2D eigenvalue weighted by Crippen LogP contribution is -2.40. The Morgan fingerprint density at radius 3 is 2.52 bits per heavy atom. The van der Waals surface area contributed by atoms with Crippen molar-refractivity contribution in [3.63, 3.8) is 0 Å². The molecular formula is C15H21Cl2NO3. The number of halogens is 2. The maximum atomic E-state index is 11.6. The smallest absolute Gasteiger partial charge is 0.344 e. The Kier molecular flexibility index (Phi) is 6.78. The van der Waals surface area contributed by atoms with Crippen molar-refractivity contribution < 1.29 is 14.3 Å². The molecule has 118 valence electrons. The van der Waals surface area contributed by atoms with Gasteiger partial charge in [0.2, 0.25) is 0 Å². The highest BCUT2D eigenvalue weighted by Gasteiger charge is 2.17. The average molecular weight is 334 g/mol. The van der Waals surface area contributed by atoms with E-state index in [9.17, 15) is 4.79 Å². The van der Waals surface area contributed by atoms with E-state index < -0.39 is 5.97 Å². The Balaban J connectivity index is 2.32. The van der Waals surface area contributed by atoms with Gasteiger partial charge in [-0.15, -0.1) is 0 Å². The van der Waals surface area contributed by atoms with Crippen molar-refractivity contribution in [2.24, 2.45) is 0 Å². The first-order valence-electron chi connectivity index (χ1n) is 6.65. The number of nitrogens with zero attached hydrogens (tertiary/aromatic N) is 1. The van der Waals surface area contributed by atoms with Crippen LogP contribution in [0.25, 0.3) is 0 Å². The van der Waals surface area contributed by atoms with Crippen molar-refractivity contribution in [2.45, 2.75) is 26.3 Å². The molecule has 0 radical (unpaired) electrons. The molecule has 0 bridgehead atoms. The van der Waals surface area contributed by atoms with Crippen LogP contribution in [0.3, 0.4) is 0 Å². The van der Waals surface area contributed by atoms with Gasteiger partial charge in [0.15, 0.2) is 6.61 Å². The van der Waals surface area contributed by atoms with Gasteiger partial charge in [0.25, 0.3) is 0 Å². The van der Waals surface area contributed by atoms with Gasteiger partial charge in [-0.1, -0.05) is 23.2 Å².